The lowest BCUT2D eigenvalue weighted by Crippen LogP contribution is -2.04. The van der Waals surface area contributed by atoms with Gasteiger partial charge in [-0.05, 0) is 11.1 Å². The lowest BCUT2D eigenvalue weighted by molar-refractivity contribution is 0.182. The van der Waals surface area contributed by atoms with E-state index in [0.717, 1.165) is 11.1 Å². The number of H-pyrrole nitrogens is 1. The van der Waals surface area contributed by atoms with Gasteiger partial charge in [-0.3, -0.25) is 0 Å². The van der Waals surface area contributed by atoms with E-state index in [4.69, 9.17) is 15.2 Å². The Hall–Kier alpha value is -2.67. The van der Waals surface area contributed by atoms with Gasteiger partial charge in [-0.1, -0.05) is 24.3 Å². The van der Waals surface area contributed by atoms with E-state index in [1.165, 1.54) is 6.33 Å². The fourth-order valence-electron chi connectivity index (χ4n) is 2.07. The number of nitrogens with two attached hydrogens (primary N) is 1. The highest BCUT2D eigenvalue weighted by Gasteiger charge is 2.10. The van der Waals surface area contributed by atoms with Gasteiger partial charge in [0.15, 0.2) is 5.65 Å². The molecule has 3 aromatic rings. The normalized spacial score (nSPS) is 10.9. The number of hydrogen-bond donors (Lipinski definition) is 2. The summed E-state index contributed by atoms with van der Waals surface area (Å²) in [4.78, 5) is 15.1. The Labute approximate surface area is 121 Å². The van der Waals surface area contributed by atoms with Crippen LogP contribution in [0.2, 0.25) is 0 Å². The van der Waals surface area contributed by atoms with Gasteiger partial charge in [-0.15, -0.1) is 0 Å². The van der Waals surface area contributed by atoms with Crippen LogP contribution in [0.15, 0.2) is 30.6 Å². The summed E-state index contributed by atoms with van der Waals surface area (Å²) in [7, 11) is 1.66. The van der Waals surface area contributed by atoms with Gasteiger partial charge in [-0.25, -0.2) is 4.98 Å². The molecule has 108 valence electrons. The van der Waals surface area contributed by atoms with E-state index in [9.17, 15) is 0 Å². The Kier molecular flexibility index (Phi) is 3.65. The Balaban J connectivity index is 1.85. The molecule has 0 aliphatic heterocycles. The molecule has 7 heteroatoms. The zero-order valence-electron chi connectivity index (χ0n) is 11.5. The van der Waals surface area contributed by atoms with Crippen LogP contribution < -0.4 is 10.5 Å². The van der Waals surface area contributed by atoms with Gasteiger partial charge in [0.2, 0.25) is 11.8 Å². The average molecular weight is 285 g/mol. The SMILES string of the molecule is COCc1ccccc1COc1nc(N)nc2nc[nH]c12. The lowest BCUT2D eigenvalue weighted by Gasteiger charge is -2.10. The summed E-state index contributed by atoms with van der Waals surface area (Å²) in [6.45, 7) is 0.898. The van der Waals surface area contributed by atoms with Gasteiger partial charge >= 0.3 is 0 Å². The van der Waals surface area contributed by atoms with Gasteiger partial charge in [0, 0.05) is 7.11 Å². The second kappa shape index (κ2) is 5.76. The van der Waals surface area contributed by atoms with Crippen LogP contribution in [0.3, 0.4) is 0 Å². The maximum atomic E-state index is 5.77. The molecule has 0 bridgehead atoms. The number of ether oxygens (including phenoxy) is 2. The van der Waals surface area contributed by atoms with E-state index in [1.807, 2.05) is 24.3 Å². The third-order valence-corrected chi connectivity index (χ3v) is 3.05. The molecule has 2 heterocycles. The van der Waals surface area contributed by atoms with Crippen molar-refractivity contribution in [1.29, 1.82) is 0 Å². The highest BCUT2D eigenvalue weighted by atomic mass is 16.5. The quantitative estimate of drug-likeness (QED) is 0.739. The summed E-state index contributed by atoms with van der Waals surface area (Å²) < 4.78 is 11.0. The van der Waals surface area contributed by atoms with E-state index in [2.05, 4.69) is 19.9 Å². The minimum atomic E-state index is 0.134. The maximum absolute atomic E-state index is 5.77. The predicted octanol–water partition coefficient (Wildman–Crippen LogP) is 1.66. The maximum Gasteiger partial charge on any atom is 0.245 e. The second-order valence-electron chi connectivity index (χ2n) is 4.48. The molecule has 2 aromatic heterocycles. The minimum Gasteiger partial charge on any atom is -0.471 e. The molecule has 21 heavy (non-hydrogen) atoms. The van der Waals surface area contributed by atoms with E-state index in [-0.39, 0.29) is 5.95 Å². The van der Waals surface area contributed by atoms with Crippen molar-refractivity contribution in [3.8, 4) is 5.88 Å². The van der Waals surface area contributed by atoms with Crippen molar-refractivity contribution in [2.45, 2.75) is 13.2 Å². The number of hydrogen-bond acceptors (Lipinski definition) is 6. The van der Waals surface area contributed by atoms with Crippen molar-refractivity contribution < 1.29 is 9.47 Å². The van der Waals surface area contributed by atoms with Crippen LogP contribution in [-0.2, 0) is 18.0 Å². The first kappa shape index (κ1) is 13.3. The third kappa shape index (κ3) is 2.77. The van der Waals surface area contributed by atoms with Crippen molar-refractivity contribution in [2.75, 3.05) is 12.8 Å². The number of rotatable bonds is 5. The summed E-state index contributed by atoms with van der Waals surface area (Å²) in [5, 5.41) is 0. The molecular weight excluding hydrogens is 270 g/mol. The summed E-state index contributed by atoms with van der Waals surface area (Å²) in [6, 6.07) is 7.91. The van der Waals surface area contributed by atoms with Gasteiger partial charge in [0.25, 0.3) is 0 Å². The third-order valence-electron chi connectivity index (χ3n) is 3.05. The summed E-state index contributed by atoms with van der Waals surface area (Å²) in [5.74, 6) is 0.525. The first-order chi connectivity index (χ1) is 10.3. The Morgan fingerprint density at radius 2 is 1.90 bits per heavy atom. The summed E-state index contributed by atoms with van der Waals surface area (Å²) in [5.41, 5.74) is 8.88. The first-order valence-corrected chi connectivity index (χ1v) is 6.43. The van der Waals surface area contributed by atoms with Crippen molar-refractivity contribution in [2.24, 2.45) is 0 Å². The second-order valence-corrected chi connectivity index (χ2v) is 4.48. The molecule has 0 amide bonds. The number of methoxy groups -OCH3 is 1. The Morgan fingerprint density at radius 1 is 1.14 bits per heavy atom. The fourth-order valence-corrected chi connectivity index (χ4v) is 2.07. The van der Waals surface area contributed by atoms with E-state index in [1.54, 1.807) is 7.11 Å². The van der Waals surface area contributed by atoms with Crippen molar-refractivity contribution in [3.05, 3.63) is 41.7 Å². The van der Waals surface area contributed by atoms with Gasteiger partial charge in [-0.2, -0.15) is 9.97 Å². The van der Waals surface area contributed by atoms with Crippen LogP contribution in [0.4, 0.5) is 5.95 Å². The topological polar surface area (TPSA) is 98.9 Å². The molecule has 0 unspecified atom stereocenters. The number of aromatic amines is 1. The molecule has 0 saturated carbocycles. The smallest absolute Gasteiger partial charge is 0.245 e. The molecule has 0 fully saturated rings. The standard InChI is InChI=1S/C14H15N5O2/c1-20-6-9-4-2-3-5-10(9)7-21-13-11-12(17-8-16-11)18-14(15)19-13/h2-5,8H,6-7H2,1H3,(H3,15,16,17,18,19). The van der Waals surface area contributed by atoms with E-state index < -0.39 is 0 Å². The Morgan fingerprint density at radius 3 is 2.67 bits per heavy atom. The number of imidazole rings is 1. The predicted molar refractivity (Wildman–Crippen MR) is 77.6 cm³/mol. The number of anilines is 1. The van der Waals surface area contributed by atoms with Gasteiger partial charge < -0.3 is 20.2 Å². The number of aromatic nitrogens is 4. The molecular formula is C14H15N5O2. The monoisotopic (exact) mass is 285 g/mol. The number of nitrogen functional groups attached to an aromatic ring is 1. The van der Waals surface area contributed by atoms with Crippen LogP contribution in [0, 0.1) is 0 Å². The molecule has 0 atom stereocenters. The largest absolute Gasteiger partial charge is 0.471 e. The zero-order chi connectivity index (χ0) is 14.7. The number of fused-ring (bicyclic) bond motifs is 1. The van der Waals surface area contributed by atoms with Crippen LogP contribution in [0.1, 0.15) is 11.1 Å². The molecule has 0 saturated heterocycles. The highest BCUT2D eigenvalue weighted by Crippen LogP contribution is 2.21. The number of nitrogens with zero attached hydrogens (tertiary/aromatic N) is 3. The van der Waals surface area contributed by atoms with Crippen molar-refractivity contribution >= 4 is 17.1 Å². The van der Waals surface area contributed by atoms with Gasteiger partial charge in [0.05, 0.1) is 12.9 Å². The van der Waals surface area contributed by atoms with Crippen molar-refractivity contribution in [3.63, 3.8) is 0 Å². The van der Waals surface area contributed by atoms with Gasteiger partial charge in [0.1, 0.15) is 12.1 Å². The van der Waals surface area contributed by atoms with Crippen LogP contribution in [0.25, 0.3) is 11.2 Å². The molecule has 0 aliphatic carbocycles. The van der Waals surface area contributed by atoms with E-state index in [0.29, 0.717) is 30.3 Å². The van der Waals surface area contributed by atoms with Crippen LogP contribution in [0.5, 0.6) is 5.88 Å². The molecule has 3 N–H and O–H groups in total. The van der Waals surface area contributed by atoms with Crippen molar-refractivity contribution in [1.82, 2.24) is 19.9 Å². The molecule has 7 nitrogen and oxygen atoms in total. The molecule has 1 aromatic carbocycles. The number of benzene rings is 1. The number of nitrogens with one attached hydrogen (secondary N) is 1. The van der Waals surface area contributed by atoms with Crippen LogP contribution >= 0.6 is 0 Å². The molecule has 0 radical (unpaired) electrons. The lowest BCUT2D eigenvalue weighted by atomic mass is 10.1. The molecule has 0 aliphatic rings. The van der Waals surface area contributed by atoms with Crippen LogP contribution in [-0.4, -0.2) is 27.0 Å². The van der Waals surface area contributed by atoms with E-state index >= 15 is 0 Å². The average Bonchev–Trinajstić information content (AvgIpc) is 2.94. The molecule has 0 spiro atoms. The summed E-state index contributed by atoms with van der Waals surface area (Å²) in [6.07, 6.45) is 1.53. The summed E-state index contributed by atoms with van der Waals surface area (Å²) >= 11 is 0. The minimum absolute atomic E-state index is 0.134. The fraction of sp³-hybridized carbons (Fsp3) is 0.214. The first-order valence-electron chi connectivity index (χ1n) is 6.43. The zero-order valence-corrected chi connectivity index (χ0v) is 11.5. The highest BCUT2D eigenvalue weighted by molar-refractivity contribution is 5.76. The Bertz CT molecular complexity index is 756. The molecule has 3 rings (SSSR count).